The van der Waals surface area contributed by atoms with Gasteiger partial charge in [-0.05, 0) is 66.6 Å². The van der Waals surface area contributed by atoms with Gasteiger partial charge in [0.05, 0.1) is 10.7 Å². The second-order valence-corrected chi connectivity index (χ2v) is 7.16. The van der Waals surface area contributed by atoms with Crippen LogP contribution in [-0.2, 0) is 6.42 Å². The number of aryl methyl sites for hydroxylation is 1. The fourth-order valence-electron chi connectivity index (χ4n) is 3.32. The Kier molecular flexibility index (Phi) is 6.76. The van der Waals surface area contributed by atoms with Crippen molar-refractivity contribution in [1.82, 2.24) is 0 Å². The van der Waals surface area contributed by atoms with E-state index in [-0.39, 0.29) is 5.92 Å². The first kappa shape index (κ1) is 18.1. The molecule has 0 unspecified atom stereocenters. The Morgan fingerprint density at radius 3 is 2.87 bits per heavy atom. The van der Waals surface area contributed by atoms with Gasteiger partial charge in [0.1, 0.15) is 11.5 Å². The standard InChI is InChI=1S/C20H27BrO2/c1-4-6-7-10-16-13-17(23-5-2)18(20(22)19(16)21)15-11-8-9-14(3)12-15/h5,12-13,15,22H,2,4,6-11H2,1,3H3/t15-/m0/s1. The highest BCUT2D eigenvalue weighted by Gasteiger charge is 2.24. The molecule has 1 aliphatic rings. The Bertz CT molecular complexity index is 590. The number of ether oxygens (including phenoxy) is 1. The van der Waals surface area contributed by atoms with E-state index in [0.29, 0.717) is 5.75 Å². The molecule has 0 radical (unpaired) electrons. The summed E-state index contributed by atoms with van der Waals surface area (Å²) in [4.78, 5) is 0. The average Bonchev–Trinajstić information content (AvgIpc) is 2.52. The molecule has 1 aromatic carbocycles. The van der Waals surface area contributed by atoms with Crippen molar-refractivity contribution in [3.63, 3.8) is 0 Å². The molecule has 3 heteroatoms. The van der Waals surface area contributed by atoms with Crippen molar-refractivity contribution in [3.05, 3.63) is 46.2 Å². The van der Waals surface area contributed by atoms with E-state index in [1.165, 1.54) is 24.7 Å². The van der Waals surface area contributed by atoms with Crippen LogP contribution in [0.3, 0.4) is 0 Å². The highest BCUT2D eigenvalue weighted by Crippen LogP contribution is 2.46. The fourth-order valence-corrected chi connectivity index (χ4v) is 3.84. The Morgan fingerprint density at radius 2 is 2.22 bits per heavy atom. The van der Waals surface area contributed by atoms with E-state index in [1.807, 2.05) is 0 Å². The molecular weight excluding hydrogens is 352 g/mol. The topological polar surface area (TPSA) is 29.5 Å². The van der Waals surface area contributed by atoms with Gasteiger partial charge >= 0.3 is 0 Å². The first-order valence-electron chi connectivity index (χ1n) is 8.57. The average molecular weight is 379 g/mol. The molecule has 2 rings (SSSR count). The van der Waals surface area contributed by atoms with Crippen molar-refractivity contribution in [1.29, 1.82) is 0 Å². The molecule has 1 aromatic rings. The van der Waals surface area contributed by atoms with Gasteiger partial charge in [-0.3, -0.25) is 0 Å². The van der Waals surface area contributed by atoms with E-state index in [4.69, 9.17) is 4.74 Å². The van der Waals surface area contributed by atoms with Crippen LogP contribution in [0.15, 0.2) is 35.0 Å². The maximum absolute atomic E-state index is 10.8. The maximum atomic E-state index is 10.8. The summed E-state index contributed by atoms with van der Waals surface area (Å²) in [5.74, 6) is 1.27. The van der Waals surface area contributed by atoms with Crippen molar-refractivity contribution in [2.24, 2.45) is 0 Å². The third kappa shape index (κ3) is 4.41. The van der Waals surface area contributed by atoms with E-state index >= 15 is 0 Å². The number of rotatable bonds is 7. The summed E-state index contributed by atoms with van der Waals surface area (Å²) in [6, 6.07) is 2.06. The molecule has 126 valence electrons. The number of hydrogen-bond donors (Lipinski definition) is 1. The van der Waals surface area contributed by atoms with E-state index in [0.717, 1.165) is 53.5 Å². The van der Waals surface area contributed by atoms with Crippen LogP contribution in [0.1, 0.15) is 69.4 Å². The third-order valence-electron chi connectivity index (χ3n) is 4.52. The van der Waals surface area contributed by atoms with Crippen molar-refractivity contribution < 1.29 is 9.84 Å². The minimum absolute atomic E-state index is 0.208. The van der Waals surface area contributed by atoms with Gasteiger partial charge in [0.2, 0.25) is 0 Å². The van der Waals surface area contributed by atoms with Crippen LogP contribution < -0.4 is 4.74 Å². The molecule has 0 amide bonds. The highest BCUT2D eigenvalue weighted by atomic mass is 79.9. The van der Waals surface area contributed by atoms with Crippen LogP contribution in [0.5, 0.6) is 11.5 Å². The number of hydrogen-bond acceptors (Lipinski definition) is 2. The molecule has 0 bridgehead atoms. The largest absolute Gasteiger partial charge is 0.506 e. The maximum Gasteiger partial charge on any atom is 0.137 e. The number of aromatic hydroxyl groups is 1. The minimum atomic E-state index is 0.208. The summed E-state index contributed by atoms with van der Waals surface area (Å²) < 4.78 is 6.48. The summed E-state index contributed by atoms with van der Waals surface area (Å²) >= 11 is 3.60. The lowest BCUT2D eigenvalue weighted by atomic mass is 9.84. The molecule has 0 heterocycles. The first-order valence-corrected chi connectivity index (χ1v) is 9.36. The molecule has 0 aromatic heterocycles. The number of phenolic OH excluding ortho intramolecular Hbond substituents is 1. The van der Waals surface area contributed by atoms with E-state index in [2.05, 4.69) is 48.5 Å². The van der Waals surface area contributed by atoms with Gasteiger partial charge in [0.25, 0.3) is 0 Å². The second kappa shape index (κ2) is 8.58. The van der Waals surface area contributed by atoms with Gasteiger partial charge in [-0.1, -0.05) is 38.0 Å². The molecule has 1 N–H and O–H groups in total. The van der Waals surface area contributed by atoms with Gasteiger partial charge in [-0.2, -0.15) is 0 Å². The summed E-state index contributed by atoms with van der Waals surface area (Å²) in [6.45, 7) is 8.04. The SMILES string of the molecule is C=COc1cc(CCCCC)c(Br)c(O)c1[C@@H]1C=C(C)CCC1. The van der Waals surface area contributed by atoms with Gasteiger partial charge in [-0.15, -0.1) is 0 Å². The van der Waals surface area contributed by atoms with E-state index in [9.17, 15) is 5.11 Å². The number of unbranched alkanes of at least 4 members (excludes halogenated alkanes) is 2. The number of benzene rings is 1. The zero-order chi connectivity index (χ0) is 16.8. The highest BCUT2D eigenvalue weighted by molar-refractivity contribution is 9.10. The van der Waals surface area contributed by atoms with Crippen LogP contribution in [0, 0.1) is 0 Å². The lowest BCUT2D eigenvalue weighted by molar-refractivity contribution is 0.430. The molecule has 2 nitrogen and oxygen atoms in total. The zero-order valence-corrected chi connectivity index (χ0v) is 15.8. The summed E-state index contributed by atoms with van der Waals surface area (Å²) in [5, 5.41) is 10.8. The van der Waals surface area contributed by atoms with Gasteiger partial charge in [-0.25, -0.2) is 0 Å². The predicted octanol–water partition coefficient (Wildman–Crippen LogP) is 6.62. The van der Waals surface area contributed by atoms with Gasteiger partial charge in [0, 0.05) is 11.5 Å². The van der Waals surface area contributed by atoms with Crippen LogP contribution in [-0.4, -0.2) is 5.11 Å². The molecule has 0 saturated carbocycles. The smallest absolute Gasteiger partial charge is 0.137 e. The van der Waals surface area contributed by atoms with Crippen LogP contribution in [0.2, 0.25) is 0 Å². The van der Waals surface area contributed by atoms with Gasteiger partial charge in [0.15, 0.2) is 0 Å². The van der Waals surface area contributed by atoms with Crippen molar-refractivity contribution in [2.75, 3.05) is 0 Å². The van der Waals surface area contributed by atoms with Crippen LogP contribution >= 0.6 is 15.9 Å². The van der Waals surface area contributed by atoms with Crippen molar-refractivity contribution in [2.45, 2.75) is 64.7 Å². The fraction of sp³-hybridized carbons (Fsp3) is 0.500. The molecule has 0 fully saturated rings. The molecular formula is C20H27BrO2. The summed E-state index contributed by atoms with van der Waals surface area (Å²) in [5.41, 5.74) is 3.37. The normalized spacial score (nSPS) is 17.7. The lowest BCUT2D eigenvalue weighted by Gasteiger charge is -2.24. The first-order chi connectivity index (χ1) is 11.1. The van der Waals surface area contributed by atoms with Crippen LogP contribution in [0.4, 0.5) is 0 Å². The van der Waals surface area contributed by atoms with E-state index < -0.39 is 0 Å². The predicted molar refractivity (Wildman–Crippen MR) is 100 cm³/mol. The second-order valence-electron chi connectivity index (χ2n) is 6.36. The number of allylic oxidation sites excluding steroid dienone is 2. The zero-order valence-electron chi connectivity index (χ0n) is 14.2. The molecule has 1 atom stereocenters. The quantitative estimate of drug-likeness (QED) is 0.328. The molecule has 23 heavy (non-hydrogen) atoms. The van der Waals surface area contributed by atoms with Gasteiger partial charge < -0.3 is 9.84 Å². The molecule has 0 aliphatic heterocycles. The molecule has 0 spiro atoms. The molecule has 0 saturated heterocycles. The summed E-state index contributed by atoms with van der Waals surface area (Å²) in [7, 11) is 0. The minimum Gasteiger partial charge on any atom is -0.506 e. The Labute approximate surface area is 148 Å². The number of halogens is 1. The lowest BCUT2D eigenvalue weighted by Crippen LogP contribution is -2.06. The van der Waals surface area contributed by atoms with Crippen LogP contribution in [0.25, 0.3) is 0 Å². The Morgan fingerprint density at radius 1 is 1.43 bits per heavy atom. The Hall–Kier alpha value is -1.22. The molecule has 1 aliphatic carbocycles. The summed E-state index contributed by atoms with van der Waals surface area (Å²) in [6.07, 6.45) is 11.5. The van der Waals surface area contributed by atoms with Crippen molar-refractivity contribution >= 4 is 15.9 Å². The van der Waals surface area contributed by atoms with Crippen molar-refractivity contribution in [3.8, 4) is 11.5 Å². The van der Waals surface area contributed by atoms with E-state index in [1.54, 1.807) is 0 Å². The third-order valence-corrected chi connectivity index (χ3v) is 5.40. The Balaban J connectivity index is 2.42. The number of phenols is 1. The monoisotopic (exact) mass is 378 g/mol.